The van der Waals surface area contributed by atoms with E-state index in [1.165, 1.54) is 0 Å². The van der Waals surface area contributed by atoms with Crippen molar-refractivity contribution in [2.75, 3.05) is 6.54 Å². The van der Waals surface area contributed by atoms with Gasteiger partial charge in [0.2, 0.25) is 0 Å². The molecule has 1 aromatic heterocycles. The molecule has 92 valence electrons. The number of imidazole rings is 1. The summed E-state index contributed by atoms with van der Waals surface area (Å²) in [6.07, 6.45) is 5.34. The van der Waals surface area contributed by atoms with Gasteiger partial charge in [-0.2, -0.15) is 0 Å². The fourth-order valence-electron chi connectivity index (χ4n) is 1.70. The number of nitrogens with one attached hydrogen (secondary N) is 1. The molecule has 0 radical (unpaired) electrons. The summed E-state index contributed by atoms with van der Waals surface area (Å²) in [5.74, 6) is 1.03. The number of rotatable bonds is 7. The fourth-order valence-corrected chi connectivity index (χ4v) is 1.70. The summed E-state index contributed by atoms with van der Waals surface area (Å²) >= 11 is 0. The third-order valence-corrected chi connectivity index (χ3v) is 3.20. The van der Waals surface area contributed by atoms with Crippen molar-refractivity contribution in [3.05, 3.63) is 18.2 Å². The lowest BCUT2D eigenvalue weighted by Crippen LogP contribution is -2.39. The third kappa shape index (κ3) is 3.32. The van der Waals surface area contributed by atoms with E-state index in [2.05, 4.69) is 21.8 Å². The molecule has 4 nitrogen and oxygen atoms in total. The van der Waals surface area contributed by atoms with Crippen molar-refractivity contribution < 1.29 is 5.11 Å². The van der Waals surface area contributed by atoms with Crippen molar-refractivity contribution in [2.45, 2.75) is 52.3 Å². The molecule has 0 unspecified atom stereocenters. The number of aliphatic hydroxyl groups is 1. The van der Waals surface area contributed by atoms with Crippen LogP contribution in [-0.4, -0.2) is 26.8 Å². The second kappa shape index (κ2) is 6.01. The van der Waals surface area contributed by atoms with E-state index in [0.29, 0.717) is 13.1 Å². The first-order valence-electron chi connectivity index (χ1n) is 6.08. The molecule has 1 rings (SSSR count). The summed E-state index contributed by atoms with van der Waals surface area (Å²) in [6.45, 7) is 8.39. The van der Waals surface area contributed by atoms with Gasteiger partial charge in [-0.1, -0.05) is 13.8 Å². The van der Waals surface area contributed by atoms with E-state index in [1.54, 1.807) is 0 Å². The zero-order chi connectivity index (χ0) is 12.0. The van der Waals surface area contributed by atoms with Gasteiger partial charge >= 0.3 is 0 Å². The third-order valence-electron chi connectivity index (χ3n) is 3.20. The van der Waals surface area contributed by atoms with E-state index in [4.69, 9.17) is 0 Å². The van der Waals surface area contributed by atoms with Gasteiger partial charge in [-0.25, -0.2) is 4.98 Å². The molecule has 0 fully saturated rings. The van der Waals surface area contributed by atoms with Crippen molar-refractivity contribution in [1.82, 2.24) is 14.9 Å². The van der Waals surface area contributed by atoms with E-state index in [-0.39, 0.29) is 0 Å². The van der Waals surface area contributed by atoms with Gasteiger partial charge in [-0.3, -0.25) is 0 Å². The molecule has 0 spiro atoms. The van der Waals surface area contributed by atoms with Gasteiger partial charge in [0.15, 0.2) is 0 Å². The molecule has 0 amide bonds. The van der Waals surface area contributed by atoms with E-state index in [0.717, 1.165) is 25.2 Å². The van der Waals surface area contributed by atoms with Crippen molar-refractivity contribution in [2.24, 2.45) is 0 Å². The molecule has 4 heteroatoms. The average Bonchev–Trinajstić information content (AvgIpc) is 2.76. The van der Waals surface area contributed by atoms with Crippen LogP contribution in [0.15, 0.2) is 12.4 Å². The Kier molecular flexibility index (Phi) is 4.96. The Morgan fingerprint density at radius 1 is 1.38 bits per heavy atom. The summed E-state index contributed by atoms with van der Waals surface area (Å²) in [5.41, 5.74) is -0.580. The lowest BCUT2D eigenvalue weighted by molar-refractivity contribution is 0.0321. The summed E-state index contributed by atoms with van der Waals surface area (Å²) in [6, 6.07) is 0. The molecule has 0 aliphatic rings. The molecule has 0 aliphatic heterocycles. The van der Waals surface area contributed by atoms with Gasteiger partial charge < -0.3 is 15.0 Å². The highest BCUT2D eigenvalue weighted by Crippen LogP contribution is 2.13. The SMILES string of the molecule is CCn1ccnc1CNCC(O)(CC)CC. The minimum Gasteiger partial charge on any atom is -0.389 e. The molecule has 2 N–H and O–H groups in total. The highest BCUT2D eigenvalue weighted by atomic mass is 16.3. The summed E-state index contributed by atoms with van der Waals surface area (Å²) in [7, 11) is 0. The van der Waals surface area contributed by atoms with Gasteiger partial charge in [0.05, 0.1) is 12.1 Å². The average molecular weight is 225 g/mol. The van der Waals surface area contributed by atoms with Gasteiger partial charge in [-0.15, -0.1) is 0 Å². The second-order valence-electron chi connectivity index (χ2n) is 4.16. The van der Waals surface area contributed by atoms with Gasteiger partial charge in [0.1, 0.15) is 5.82 Å². The molecular formula is C12H23N3O. The van der Waals surface area contributed by atoms with Gasteiger partial charge in [-0.05, 0) is 19.8 Å². The number of hydrogen-bond acceptors (Lipinski definition) is 3. The van der Waals surface area contributed by atoms with Crippen LogP contribution in [0.2, 0.25) is 0 Å². The summed E-state index contributed by atoms with van der Waals surface area (Å²) < 4.78 is 2.10. The molecule has 1 heterocycles. The van der Waals surface area contributed by atoms with Crippen LogP contribution in [0.3, 0.4) is 0 Å². The lowest BCUT2D eigenvalue weighted by Gasteiger charge is -2.25. The molecule has 16 heavy (non-hydrogen) atoms. The maximum Gasteiger partial charge on any atom is 0.122 e. The second-order valence-corrected chi connectivity index (χ2v) is 4.16. The maximum atomic E-state index is 10.1. The quantitative estimate of drug-likeness (QED) is 0.740. The Bertz CT molecular complexity index is 305. The van der Waals surface area contributed by atoms with E-state index in [9.17, 15) is 5.11 Å². The predicted molar refractivity (Wildman–Crippen MR) is 65.1 cm³/mol. The van der Waals surface area contributed by atoms with Crippen LogP contribution in [0.1, 0.15) is 39.4 Å². The van der Waals surface area contributed by atoms with Crippen LogP contribution in [0.5, 0.6) is 0 Å². The Morgan fingerprint density at radius 3 is 2.62 bits per heavy atom. The topological polar surface area (TPSA) is 50.1 Å². The fraction of sp³-hybridized carbons (Fsp3) is 0.750. The molecule has 0 saturated carbocycles. The van der Waals surface area contributed by atoms with E-state index >= 15 is 0 Å². The molecule has 0 bridgehead atoms. The zero-order valence-corrected chi connectivity index (χ0v) is 10.5. The van der Waals surface area contributed by atoms with Crippen LogP contribution in [0.4, 0.5) is 0 Å². The lowest BCUT2D eigenvalue weighted by atomic mass is 9.98. The van der Waals surface area contributed by atoms with Crippen molar-refractivity contribution in [3.63, 3.8) is 0 Å². The summed E-state index contributed by atoms with van der Waals surface area (Å²) in [5, 5.41) is 13.4. The first kappa shape index (κ1) is 13.2. The van der Waals surface area contributed by atoms with Crippen LogP contribution < -0.4 is 5.32 Å². The first-order valence-corrected chi connectivity index (χ1v) is 6.08. The smallest absolute Gasteiger partial charge is 0.122 e. The number of nitrogens with zero attached hydrogens (tertiary/aromatic N) is 2. The molecular weight excluding hydrogens is 202 g/mol. The Hall–Kier alpha value is -0.870. The maximum absolute atomic E-state index is 10.1. The molecule has 0 saturated heterocycles. The minimum atomic E-state index is -0.580. The molecule has 0 aliphatic carbocycles. The molecule has 1 aromatic rings. The number of hydrogen-bond donors (Lipinski definition) is 2. The van der Waals surface area contributed by atoms with Crippen molar-refractivity contribution >= 4 is 0 Å². The van der Waals surface area contributed by atoms with Crippen LogP contribution in [0, 0.1) is 0 Å². The predicted octanol–water partition coefficient (Wildman–Crippen LogP) is 1.54. The highest BCUT2D eigenvalue weighted by molar-refractivity contribution is 4.92. The first-order chi connectivity index (χ1) is 7.65. The van der Waals surface area contributed by atoms with Crippen LogP contribution >= 0.6 is 0 Å². The molecule has 0 aromatic carbocycles. The Morgan fingerprint density at radius 2 is 2.06 bits per heavy atom. The number of aryl methyl sites for hydroxylation is 1. The van der Waals surface area contributed by atoms with Crippen molar-refractivity contribution in [1.29, 1.82) is 0 Å². The van der Waals surface area contributed by atoms with Crippen LogP contribution in [0.25, 0.3) is 0 Å². The van der Waals surface area contributed by atoms with E-state index < -0.39 is 5.60 Å². The normalized spacial score (nSPS) is 12.0. The highest BCUT2D eigenvalue weighted by Gasteiger charge is 2.21. The largest absolute Gasteiger partial charge is 0.389 e. The Labute approximate surface area is 97.7 Å². The van der Waals surface area contributed by atoms with Crippen molar-refractivity contribution in [3.8, 4) is 0 Å². The van der Waals surface area contributed by atoms with E-state index in [1.807, 2.05) is 26.2 Å². The molecule has 0 atom stereocenters. The van der Waals surface area contributed by atoms with Gasteiger partial charge in [0.25, 0.3) is 0 Å². The van der Waals surface area contributed by atoms with Gasteiger partial charge in [0, 0.05) is 25.5 Å². The van der Waals surface area contributed by atoms with Crippen LogP contribution in [-0.2, 0) is 13.1 Å². The standard InChI is InChI=1S/C12H23N3O/c1-4-12(16,5-2)10-13-9-11-14-7-8-15(11)6-3/h7-8,13,16H,4-6,9-10H2,1-3H3. The monoisotopic (exact) mass is 225 g/mol. The number of aromatic nitrogens is 2. The minimum absolute atomic E-state index is 0.580. The zero-order valence-electron chi connectivity index (χ0n) is 10.5. The summed E-state index contributed by atoms with van der Waals surface area (Å²) in [4.78, 5) is 4.28. The Balaban J connectivity index is 2.41.